The van der Waals surface area contributed by atoms with Crippen LogP contribution in [0.15, 0.2) is 0 Å². The highest BCUT2D eigenvalue weighted by atomic mass is 31.2. The molecule has 95 heavy (non-hydrogen) atoms. The normalized spacial score (nSPS) is 13.9. The van der Waals surface area contributed by atoms with Gasteiger partial charge >= 0.3 is 39.5 Å². The fourth-order valence-electron chi connectivity index (χ4n) is 11.7. The average molecular weight is 1400 g/mol. The fraction of sp³-hybridized carbons (Fsp3) is 0.947. The van der Waals surface area contributed by atoms with Crippen molar-refractivity contribution in [2.45, 2.75) is 419 Å². The summed E-state index contributed by atoms with van der Waals surface area (Å²) in [7, 11) is -9.90. The minimum absolute atomic E-state index is 0.106. The summed E-state index contributed by atoms with van der Waals surface area (Å²) in [4.78, 5) is 72.4. The predicted octanol–water partition coefficient (Wildman–Crippen LogP) is 22.5. The number of aliphatic hydroxyl groups excluding tert-OH is 1. The second-order valence-corrected chi connectivity index (χ2v) is 30.8. The van der Waals surface area contributed by atoms with Crippen LogP contribution in [0.3, 0.4) is 0 Å². The number of unbranched alkanes of at least 4 members (excludes halogenated alkanes) is 48. The third-order valence-electron chi connectivity index (χ3n) is 17.8. The predicted molar refractivity (Wildman–Crippen MR) is 386 cm³/mol. The molecule has 0 heterocycles. The van der Waals surface area contributed by atoms with Gasteiger partial charge in [-0.05, 0) is 31.6 Å². The van der Waals surface area contributed by atoms with Gasteiger partial charge in [-0.3, -0.25) is 37.3 Å². The Morgan fingerprint density at radius 3 is 0.716 bits per heavy atom. The summed E-state index contributed by atoms with van der Waals surface area (Å²) in [5.74, 6) is -1.31. The first-order valence-corrected chi connectivity index (χ1v) is 42.6. The summed E-state index contributed by atoms with van der Waals surface area (Å²) in [6.45, 7) is 7.22. The van der Waals surface area contributed by atoms with Crippen molar-refractivity contribution in [2.24, 2.45) is 5.92 Å². The highest BCUT2D eigenvalue weighted by molar-refractivity contribution is 7.47. The van der Waals surface area contributed by atoms with Crippen molar-refractivity contribution in [3.8, 4) is 0 Å². The van der Waals surface area contributed by atoms with Gasteiger partial charge in [0.1, 0.15) is 19.3 Å². The second kappa shape index (κ2) is 69.2. The van der Waals surface area contributed by atoms with Crippen LogP contribution in [0.25, 0.3) is 0 Å². The summed E-state index contributed by atoms with van der Waals surface area (Å²) in [5, 5.41) is 10.6. The molecule has 0 aliphatic rings. The molecule has 0 rings (SSSR count). The number of aliphatic hydroxyl groups is 1. The molecule has 17 nitrogen and oxygen atoms in total. The average Bonchev–Trinajstić information content (AvgIpc) is 1.80. The standard InChI is InChI=1S/C76H148O17P2/c1-6-9-12-15-17-19-21-22-23-24-25-29-32-35-38-42-45-50-55-60-74(79)87-66-72(93-76(81)62-57-52-47-43-39-36-33-30-27-26-28-31-34-37-40-44-49-53-58-69(4)5)68-91-95(84,85)89-64-70(77)63-88-94(82,83)90-67-71(65-86-73(78)59-54-48-14-11-8-3)92-75(80)61-56-51-46-41-20-18-16-13-10-7-2/h69-72,77H,6-68H2,1-5H3,(H,82,83)(H,84,85)/t70-,71+,72+/m0/s1. The molecule has 0 radical (unpaired) electrons. The third kappa shape index (κ3) is 70.3. The van der Waals surface area contributed by atoms with E-state index in [1.165, 1.54) is 218 Å². The SMILES string of the molecule is CCCCCCCCCCCCCCCCCCCCCC(=O)OC[C@H](COP(=O)(O)OC[C@@H](O)COP(=O)(O)OC[C@@H](COC(=O)CCCCCCC)OC(=O)CCCCCCCCCCCC)OC(=O)CCCCCCCCCCCCCCCCCCCCC(C)C. The lowest BCUT2D eigenvalue weighted by atomic mass is 10.0. The van der Waals surface area contributed by atoms with Gasteiger partial charge in [0, 0.05) is 25.7 Å². The molecular formula is C76H148O17P2. The lowest BCUT2D eigenvalue weighted by molar-refractivity contribution is -0.161. The summed E-state index contributed by atoms with van der Waals surface area (Å²) in [6, 6.07) is 0. The molecule has 0 fully saturated rings. The van der Waals surface area contributed by atoms with E-state index in [2.05, 4.69) is 34.6 Å². The molecule has 0 saturated carbocycles. The molecule has 0 saturated heterocycles. The summed E-state index contributed by atoms with van der Waals surface area (Å²) in [5.41, 5.74) is 0. The van der Waals surface area contributed by atoms with Gasteiger partial charge in [0.25, 0.3) is 0 Å². The van der Waals surface area contributed by atoms with E-state index in [0.717, 1.165) is 102 Å². The van der Waals surface area contributed by atoms with E-state index < -0.39 is 97.5 Å². The first kappa shape index (κ1) is 93.1. The number of esters is 4. The lowest BCUT2D eigenvalue weighted by Gasteiger charge is -2.21. The van der Waals surface area contributed by atoms with Gasteiger partial charge in [-0.2, -0.15) is 0 Å². The van der Waals surface area contributed by atoms with E-state index in [1.54, 1.807) is 0 Å². The van der Waals surface area contributed by atoms with E-state index >= 15 is 0 Å². The maximum atomic E-state index is 13.1. The van der Waals surface area contributed by atoms with Crippen molar-refractivity contribution in [3.63, 3.8) is 0 Å². The Labute approximate surface area is 581 Å². The molecule has 5 atom stereocenters. The molecule has 0 aromatic carbocycles. The molecule has 0 amide bonds. The summed E-state index contributed by atoms with van der Waals surface area (Å²) >= 11 is 0. The van der Waals surface area contributed by atoms with Crippen LogP contribution < -0.4 is 0 Å². The smallest absolute Gasteiger partial charge is 0.462 e. The molecule has 0 aromatic heterocycles. The Hall–Kier alpha value is -1.94. The van der Waals surface area contributed by atoms with E-state index in [-0.39, 0.29) is 25.7 Å². The Bertz CT molecular complexity index is 1820. The number of hydrogen-bond acceptors (Lipinski definition) is 15. The van der Waals surface area contributed by atoms with Gasteiger partial charge in [-0.25, -0.2) is 9.13 Å². The highest BCUT2D eigenvalue weighted by Gasteiger charge is 2.30. The fourth-order valence-corrected chi connectivity index (χ4v) is 13.3. The Kier molecular flexibility index (Phi) is 67.7. The minimum Gasteiger partial charge on any atom is -0.462 e. The topological polar surface area (TPSA) is 237 Å². The molecule has 0 aliphatic heterocycles. The van der Waals surface area contributed by atoms with Crippen molar-refractivity contribution < 1.29 is 80.2 Å². The summed E-state index contributed by atoms with van der Waals surface area (Å²) < 4.78 is 68.2. The second-order valence-electron chi connectivity index (χ2n) is 27.9. The molecule has 2 unspecified atom stereocenters. The molecule has 0 bridgehead atoms. The van der Waals surface area contributed by atoms with Gasteiger partial charge in [-0.1, -0.05) is 349 Å². The van der Waals surface area contributed by atoms with Crippen LogP contribution in [-0.2, 0) is 65.4 Å². The van der Waals surface area contributed by atoms with Crippen molar-refractivity contribution in [2.75, 3.05) is 39.6 Å². The number of phosphoric ester groups is 2. The minimum atomic E-state index is -4.95. The molecule has 3 N–H and O–H groups in total. The zero-order valence-electron chi connectivity index (χ0n) is 61.8. The van der Waals surface area contributed by atoms with Crippen LogP contribution in [0, 0.1) is 5.92 Å². The van der Waals surface area contributed by atoms with Crippen LogP contribution in [0.4, 0.5) is 0 Å². The van der Waals surface area contributed by atoms with E-state index in [0.29, 0.717) is 25.7 Å². The lowest BCUT2D eigenvalue weighted by Crippen LogP contribution is -2.30. The number of carbonyl (C=O) groups is 4. The Morgan fingerprint density at radius 1 is 0.284 bits per heavy atom. The zero-order chi connectivity index (χ0) is 69.8. The number of phosphoric acid groups is 2. The Morgan fingerprint density at radius 2 is 0.484 bits per heavy atom. The van der Waals surface area contributed by atoms with Crippen molar-refractivity contribution in [3.05, 3.63) is 0 Å². The third-order valence-corrected chi connectivity index (χ3v) is 19.7. The van der Waals surface area contributed by atoms with E-state index in [4.69, 9.17) is 37.0 Å². The maximum absolute atomic E-state index is 13.1. The summed E-state index contributed by atoms with van der Waals surface area (Å²) in [6.07, 6.45) is 58.9. The van der Waals surface area contributed by atoms with Gasteiger partial charge < -0.3 is 33.8 Å². The maximum Gasteiger partial charge on any atom is 0.472 e. The largest absolute Gasteiger partial charge is 0.472 e. The number of rotatable bonds is 76. The number of ether oxygens (including phenoxy) is 4. The molecule has 0 spiro atoms. The van der Waals surface area contributed by atoms with Crippen molar-refractivity contribution in [1.82, 2.24) is 0 Å². The van der Waals surface area contributed by atoms with Gasteiger partial charge in [-0.15, -0.1) is 0 Å². The zero-order valence-corrected chi connectivity index (χ0v) is 63.6. The monoisotopic (exact) mass is 1400 g/mol. The van der Waals surface area contributed by atoms with Crippen molar-refractivity contribution >= 4 is 39.5 Å². The Balaban J connectivity index is 5.10. The van der Waals surface area contributed by atoms with Crippen LogP contribution in [0.1, 0.15) is 401 Å². The first-order chi connectivity index (χ1) is 46.0. The number of hydrogen-bond donors (Lipinski definition) is 3. The van der Waals surface area contributed by atoms with E-state index in [9.17, 15) is 43.2 Å². The highest BCUT2D eigenvalue weighted by Crippen LogP contribution is 2.45. The van der Waals surface area contributed by atoms with Crippen LogP contribution in [0.2, 0.25) is 0 Å². The molecule has 0 aliphatic carbocycles. The molecular weight excluding hydrogens is 1250 g/mol. The van der Waals surface area contributed by atoms with Crippen molar-refractivity contribution in [1.29, 1.82) is 0 Å². The number of carbonyl (C=O) groups excluding carboxylic acids is 4. The van der Waals surface area contributed by atoms with Gasteiger partial charge in [0.2, 0.25) is 0 Å². The molecule has 19 heteroatoms. The molecule has 0 aromatic rings. The first-order valence-electron chi connectivity index (χ1n) is 39.6. The van der Waals surface area contributed by atoms with Crippen LogP contribution in [-0.4, -0.2) is 96.7 Å². The van der Waals surface area contributed by atoms with Gasteiger partial charge in [0.05, 0.1) is 26.4 Å². The quantitative estimate of drug-likeness (QED) is 0.0222. The molecule has 564 valence electrons. The van der Waals surface area contributed by atoms with Gasteiger partial charge in [0.15, 0.2) is 12.2 Å². The van der Waals surface area contributed by atoms with Crippen LogP contribution >= 0.6 is 15.6 Å². The van der Waals surface area contributed by atoms with Crippen LogP contribution in [0.5, 0.6) is 0 Å². The van der Waals surface area contributed by atoms with E-state index in [1.807, 2.05) is 0 Å².